The summed E-state index contributed by atoms with van der Waals surface area (Å²) < 4.78 is 13.6. The summed E-state index contributed by atoms with van der Waals surface area (Å²) in [6, 6.07) is 4.25. The highest BCUT2D eigenvalue weighted by Crippen LogP contribution is 2.23. The van der Waals surface area contributed by atoms with E-state index in [-0.39, 0.29) is 30.7 Å². The van der Waals surface area contributed by atoms with Crippen LogP contribution in [0.1, 0.15) is 0 Å². The number of hydrogen-bond donors (Lipinski definition) is 1. The Morgan fingerprint density at radius 1 is 1.25 bits per heavy atom. The molecule has 1 saturated heterocycles. The summed E-state index contributed by atoms with van der Waals surface area (Å²) in [5.41, 5.74) is 0.699. The van der Waals surface area contributed by atoms with Gasteiger partial charge in [-0.25, -0.2) is 4.39 Å². The molecule has 0 aliphatic carbocycles. The first-order valence-corrected chi connectivity index (χ1v) is 5.67. The molecule has 4 nitrogen and oxygen atoms in total. The van der Waals surface area contributed by atoms with Gasteiger partial charge in [0.2, 0.25) is 11.8 Å². The Bertz CT molecular complexity index is 448. The minimum Gasteiger partial charge on any atom is -0.352 e. The van der Waals surface area contributed by atoms with Gasteiger partial charge in [0.15, 0.2) is 0 Å². The summed E-state index contributed by atoms with van der Waals surface area (Å²) in [5.74, 6) is -1.01. The average Bonchev–Trinajstić information content (AvgIpc) is 2.15. The summed E-state index contributed by atoms with van der Waals surface area (Å²) >= 11 is 1.98. The smallest absolute Gasteiger partial charge is 0.246 e. The standard InChI is InChI=1S/C10H8FIN2O2/c11-6-1-2-8(7(12)3-6)14-4-9(15)13-10(16)5-14/h1-3H,4-5H2,(H,13,15,16). The van der Waals surface area contributed by atoms with Crippen LogP contribution in [0.3, 0.4) is 0 Å². The third-order valence-electron chi connectivity index (χ3n) is 2.20. The van der Waals surface area contributed by atoms with Gasteiger partial charge in [-0.2, -0.15) is 0 Å². The first-order chi connectivity index (χ1) is 7.56. The van der Waals surface area contributed by atoms with Crippen LogP contribution < -0.4 is 10.2 Å². The minimum atomic E-state index is -0.337. The van der Waals surface area contributed by atoms with E-state index in [4.69, 9.17) is 0 Å². The molecular formula is C10H8FIN2O2. The number of imide groups is 1. The number of amides is 2. The minimum absolute atomic E-state index is 0.118. The lowest BCUT2D eigenvalue weighted by Gasteiger charge is -2.28. The zero-order chi connectivity index (χ0) is 11.7. The Kier molecular flexibility index (Phi) is 3.08. The fourth-order valence-electron chi connectivity index (χ4n) is 1.55. The number of halogens is 2. The Hall–Kier alpha value is -1.18. The molecule has 1 aromatic carbocycles. The summed E-state index contributed by atoms with van der Waals surface area (Å²) in [4.78, 5) is 24.0. The first-order valence-electron chi connectivity index (χ1n) is 4.59. The van der Waals surface area contributed by atoms with Crippen molar-refractivity contribution in [3.05, 3.63) is 27.6 Å². The molecule has 0 spiro atoms. The fraction of sp³-hybridized carbons (Fsp3) is 0.200. The topological polar surface area (TPSA) is 49.4 Å². The van der Waals surface area contributed by atoms with E-state index in [9.17, 15) is 14.0 Å². The van der Waals surface area contributed by atoms with Crippen LogP contribution in [0.5, 0.6) is 0 Å². The molecule has 1 aliphatic heterocycles. The second kappa shape index (κ2) is 4.36. The largest absolute Gasteiger partial charge is 0.352 e. The molecule has 0 aromatic heterocycles. The van der Waals surface area contributed by atoms with Crippen LogP contribution >= 0.6 is 22.6 Å². The van der Waals surface area contributed by atoms with E-state index in [1.165, 1.54) is 12.1 Å². The molecule has 0 radical (unpaired) electrons. The molecule has 0 unspecified atom stereocenters. The highest BCUT2D eigenvalue weighted by Gasteiger charge is 2.23. The monoisotopic (exact) mass is 334 g/mol. The van der Waals surface area contributed by atoms with Crippen LogP contribution in [0.15, 0.2) is 18.2 Å². The summed E-state index contributed by atoms with van der Waals surface area (Å²) in [6.45, 7) is 0.237. The van der Waals surface area contributed by atoms with Gasteiger partial charge in [0.1, 0.15) is 5.82 Å². The number of carbonyl (C=O) groups is 2. The molecule has 1 fully saturated rings. The van der Waals surface area contributed by atoms with Crippen LogP contribution in [0, 0.1) is 9.39 Å². The SMILES string of the molecule is O=C1CN(c2ccc(F)cc2I)CC(=O)N1. The lowest BCUT2D eigenvalue weighted by atomic mass is 10.2. The van der Waals surface area contributed by atoms with Crippen molar-refractivity contribution >= 4 is 40.1 Å². The maximum absolute atomic E-state index is 12.9. The number of rotatable bonds is 1. The lowest BCUT2D eigenvalue weighted by Crippen LogP contribution is -2.51. The van der Waals surface area contributed by atoms with E-state index in [0.29, 0.717) is 9.26 Å². The molecule has 84 valence electrons. The number of benzene rings is 1. The van der Waals surface area contributed by atoms with E-state index in [1.807, 2.05) is 22.6 Å². The average molecular weight is 334 g/mol. The third-order valence-corrected chi connectivity index (χ3v) is 3.06. The van der Waals surface area contributed by atoms with Crippen molar-refractivity contribution in [1.82, 2.24) is 5.32 Å². The van der Waals surface area contributed by atoms with Gasteiger partial charge in [-0.15, -0.1) is 0 Å². The van der Waals surface area contributed by atoms with Crippen LogP contribution in [-0.2, 0) is 9.59 Å². The molecule has 2 rings (SSSR count). The van der Waals surface area contributed by atoms with Crippen molar-refractivity contribution in [2.75, 3.05) is 18.0 Å². The highest BCUT2D eigenvalue weighted by atomic mass is 127. The summed E-state index contributed by atoms with van der Waals surface area (Å²) in [5, 5.41) is 2.21. The van der Waals surface area contributed by atoms with Gasteiger partial charge in [0.05, 0.1) is 18.8 Å². The molecule has 0 atom stereocenters. The van der Waals surface area contributed by atoms with Crippen molar-refractivity contribution in [1.29, 1.82) is 0 Å². The third kappa shape index (κ3) is 2.31. The van der Waals surface area contributed by atoms with Gasteiger partial charge in [0.25, 0.3) is 0 Å². The molecule has 6 heteroatoms. The number of nitrogens with zero attached hydrogens (tertiary/aromatic N) is 1. The van der Waals surface area contributed by atoms with Crippen LogP contribution in [0.4, 0.5) is 10.1 Å². The second-order valence-corrected chi connectivity index (χ2v) is 4.59. The van der Waals surface area contributed by atoms with E-state index in [2.05, 4.69) is 5.32 Å². The van der Waals surface area contributed by atoms with Crippen molar-refractivity contribution in [2.45, 2.75) is 0 Å². The number of carbonyl (C=O) groups excluding carboxylic acids is 2. The Labute approximate surface area is 105 Å². The molecule has 1 aliphatic rings. The van der Waals surface area contributed by atoms with E-state index < -0.39 is 0 Å². The predicted molar refractivity (Wildman–Crippen MR) is 64.5 cm³/mol. The number of nitrogens with one attached hydrogen (secondary N) is 1. The van der Waals surface area contributed by atoms with E-state index in [1.54, 1.807) is 11.0 Å². The van der Waals surface area contributed by atoms with Crippen molar-refractivity contribution in [3.63, 3.8) is 0 Å². The van der Waals surface area contributed by atoms with Gasteiger partial charge >= 0.3 is 0 Å². The van der Waals surface area contributed by atoms with Crippen LogP contribution in [0.2, 0.25) is 0 Å². The zero-order valence-electron chi connectivity index (χ0n) is 8.17. The second-order valence-electron chi connectivity index (χ2n) is 3.42. The van der Waals surface area contributed by atoms with Gasteiger partial charge in [-0.3, -0.25) is 14.9 Å². The fourth-order valence-corrected chi connectivity index (χ4v) is 2.36. The van der Waals surface area contributed by atoms with Gasteiger partial charge in [-0.05, 0) is 40.8 Å². The number of piperazine rings is 1. The predicted octanol–water partition coefficient (Wildman–Crippen LogP) is 0.893. The molecule has 2 amide bonds. The maximum Gasteiger partial charge on any atom is 0.246 e. The Morgan fingerprint density at radius 2 is 1.88 bits per heavy atom. The molecule has 0 bridgehead atoms. The van der Waals surface area contributed by atoms with Crippen LogP contribution in [0.25, 0.3) is 0 Å². The lowest BCUT2D eigenvalue weighted by molar-refractivity contribution is -0.130. The van der Waals surface area contributed by atoms with Gasteiger partial charge in [-0.1, -0.05) is 0 Å². The molecule has 16 heavy (non-hydrogen) atoms. The van der Waals surface area contributed by atoms with Crippen molar-refractivity contribution < 1.29 is 14.0 Å². The van der Waals surface area contributed by atoms with Crippen molar-refractivity contribution in [2.24, 2.45) is 0 Å². The quantitative estimate of drug-likeness (QED) is 0.613. The molecular weight excluding hydrogens is 326 g/mol. The molecule has 1 aromatic rings. The van der Waals surface area contributed by atoms with Crippen LogP contribution in [-0.4, -0.2) is 24.9 Å². The number of hydrogen-bond acceptors (Lipinski definition) is 3. The Morgan fingerprint density at radius 3 is 2.44 bits per heavy atom. The molecule has 1 heterocycles. The Balaban J connectivity index is 2.29. The zero-order valence-corrected chi connectivity index (χ0v) is 10.3. The molecule has 1 N–H and O–H groups in total. The van der Waals surface area contributed by atoms with E-state index in [0.717, 1.165) is 0 Å². The van der Waals surface area contributed by atoms with Gasteiger partial charge < -0.3 is 4.90 Å². The maximum atomic E-state index is 12.9. The van der Waals surface area contributed by atoms with Gasteiger partial charge in [0, 0.05) is 3.57 Å². The first kappa shape index (κ1) is 11.3. The summed E-state index contributed by atoms with van der Waals surface area (Å²) in [6.07, 6.45) is 0. The van der Waals surface area contributed by atoms with Crippen molar-refractivity contribution in [3.8, 4) is 0 Å². The van der Waals surface area contributed by atoms with E-state index >= 15 is 0 Å². The normalized spacial score (nSPS) is 16.2. The summed E-state index contributed by atoms with van der Waals surface area (Å²) in [7, 11) is 0. The highest BCUT2D eigenvalue weighted by molar-refractivity contribution is 14.1. The molecule has 0 saturated carbocycles. The number of anilines is 1.